The highest BCUT2D eigenvalue weighted by molar-refractivity contribution is 6.30. The average Bonchev–Trinajstić information content (AvgIpc) is 3.68. The first-order valence-corrected chi connectivity index (χ1v) is 12.6. The summed E-state index contributed by atoms with van der Waals surface area (Å²) in [6, 6.07) is 8.11. The van der Waals surface area contributed by atoms with Gasteiger partial charge in [0.2, 0.25) is 0 Å². The second kappa shape index (κ2) is 9.04. The fourth-order valence-electron chi connectivity index (χ4n) is 5.15. The number of carbonyl (C=O) groups excluding carboxylic acids is 1. The third-order valence-electron chi connectivity index (χ3n) is 7.28. The second-order valence-electron chi connectivity index (χ2n) is 9.61. The van der Waals surface area contributed by atoms with E-state index in [-0.39, 0.29) is 12.1 Å². The smallest absolute Gasteiger partial charge is 0.253 e. The molecule has 1 saturated heterocycles. The predicted octanol–water partition coefficient (Wildman–Crippen LogP) is 2.28. The number of hydrogen-bond donors (Lipinski definition) is 3. The van der Waals surface area contributed by atoms with E-state index in [4.69, 9.17) is 11.6 Å². The summed E-state index contributed by atoms with van der Waals surface area (Å²) >= 11 is 6.17. The van der Waals surface area contributed by atoms with Crippen LogP contribution in [0.4, 0.5) is 0 Å². The van der Waals surface area contributed by atoms with Crippen molar-refractivity contribution in [1.82, 2.24) is 30.7 Å². The van der Waals surface area contributed by atoms with Gasteiger partial charge in [0, 0.05) is 67.7 Å². The Bertz CT molecular complexity index is 1080. The maximum Gasteiger partial charge on any atom is 0.253 e. The van der Waals surface area contributed by atoms with Crippen LogP contribution in [0, 0.1) is 5.92 Å². The summed E-state index contributed by atoms with van der Waals surface area (Å²) in [5.74, 6) is 0.829. The van der Waals surface area contributed by atoms with E-state index in [9.17, 15) is 4.79 Å². The van der Waals surface area contributed by atoms with Crippen LogP contribution in [-0.4, -0.2) is 72.6 Å². The number of benzene rings is 1. The number of allylic oxidation sites excluding steroid dienone is 1. The lowest BCUT2D eigenvalue weighted by molar-refractivity contribution is -0.128. The fraction of sp³-hybridized carbons (Fsp3) is 0.423. The van der Waals surface area contributed by atoms with E-state index < -0.39 is 0 Å². The molecule has 1 saturated carbocycles. The molecule has 1 aromatic rings. The second-order valence-corrected chi connectivity index (χ2v) is 10.0. The van der Waals surface area contributed by atoms with Crippen LogP contribution in [0.1, 0.15) is 18.4 Å². The van der Waals surface area contributed by atoms with Crippen molar-refractivity contribution in [2.75, 3.05) is 45.8 Å². The summed E-state index contributed by atoms with van der Waals surface area (Å²) < 4.78 is 0. The van der Waals surface area contributed by atoms with Crippen molar-refractivity contribution >= 4 is 23.2 Å². The molecule has 2 fully saturated rings. The first-order chi connectivity index (χ1) is 16.7. The molecule has 3 N–H and O–H groups in total. The van der Waals surface area contributed by atoms with Gasteiger partial charge in [-0.1, -0.05) is 29.8 Å². The molecular weight excluding hydrogens is 448 g/mol. The monoisotopic (exact) mass is 478 g/mol. The van der Waals surface area contributed by atoms with Gasteiger partial charge in [-0.25, -0.2) is 0 Å². The molecule has 0 aromatic heterocycles. The van der Waals surface area contributed by atoms with Crippen molar-refractivity contribution < 1.29 is 4.79 Å². The summed E-state index contributed by atoms with van der Waals surface area (Å²) in [6.45, 7) is 5.70. The molecule has 1 amide bonds. The summed E-state index contributed by atoms with van der Waals surface area (Å²) in [5.41, 5.74) is 5.80. The summed E-state index contributed by atoms with van der Waals surface area (Å²) in [4.78, 5) is 19.8. The number of nitrogens with zero attached hydrogens (tertiary/aromatic N) is 3. The lowest BCUT2D eigenvalue weighted by Gasteiger charge is -2.37. The number of piperazine rings is 1. The molecule has 1 aromatic carbocycles. The maximum atomic E-state index is 12.9. The van der Waals surface area contributed by atoms with Crippen LogP contribution in [0.3, 0.4) is 0 Å². The number of rotatable bonds is 5. The Morgan fingerprint density at radius 2 is 1.88 bits per heavy atom. The van der Waals surface area contributed by atoms with Gasteiger partial charge >= 0.3 is 0 Å². The fourth-order valence-corrected chi connectivity index (χ4v) is 5.28. The highest BCUT2D eigenvalue weighted by Crippen LogP contribution is 2.39. The molecule has 0 spiro atoms. The number of dihydropyridines is 1. The van der Waals surface area contributed by atoms with E-state index in [1.54, 1.807) is 0 Å². The highest BCUT2D eigenvalue weighted by atomic mass is 35.5. The Kier molecular flexibility index (Phi) is 5.75. The van der Waals surface area contributed by atoms with Gasteiger partial charge in [-0.15, -0.1) is 0 Å². The third kappa shape index (κ3) is 4.30. The Morgan fingerprint density at radius 1 is 1.09 bits per heavy atom. The number of halogens is 1. The molecule has 1 atom stereocenters. The number of amides is 1. The normalized spacial score (nSPS) is 24.7. The van der Waals surface area contributed by atoms with E-state index in [2.05, 4.69) is 44.1 Å². The SMILES string of the molecule is O=C(C1=CCNC=C1)N1CCN(CC2=C(c3ccc(Cl)cc3)NC3CNC(C4CC4)=CN23)CC1. The molecule has 4 aliphatic heterocycles. The van der Waals surface area contributed by atoms with Crippen molar-refractivity contribution in [3.05, 3.63) is 76.4 Å². The zero-order chi connectivity index (χ0) is 23.1. The number of hydrogen-bond acceptors (Lipinski definition) is 6. The standard InChI is InChI=1S/C26H31ClN6O/c27-21-5-3-19(4-6-21)25-23(33-16-22(18-1-2-18)29-15-24(33)30-25)17-31-11-13-32(14-12-31)26(34)20-7-9-28-10-8-20/h3-9,16,18,24,28-30H,1-2,10-15,17H2. The minimum atomic E-state index is 0.139. The summed E-state index contributed by atoms with van der Waals surface area (Å²) in [7, 11) is 0. The Labute approximate surface area is 205 Å². The van der Waals surface area contributed by atoms with E-state index in [1.807, 2.05) is 35.4 Å². The molecule has 8 heteroatoms. The van der Waals surface area contributed by atoms with Crippen LogP contribution in [-0.2, 0) is 4.79 Å². The molecule has 5 aliphatic rings. The van der Waals surface area contributed by atoms with Gasteiger partial charge < -0.3 is 25.8 Å². The quantitative estimate of drug-likeness (QED) is 0.603. The van der Waals surface area contributed by atoms with Crippen LogP contribution in [0.5, 0.6) is 0 Å². The van der Waals surface area contributed by atoms with Gasteiger partial charge in [-0.05, 0) is 42.8 Å². The van der Waals surface area contributed by atoms with Crippen molar-refractivity contribution in [2.45, 2.75) is 19.0 Å². The van der Waals surface area contributed by atoms with Gasteiger partial charge in [0.25, 0.3) is 5.91 Å². The van der Waals surface area contributed by atoms with E-state index in [0.717, 1.165) is 55.4 Å². The van der Waals surface area contributed by atoms with Crippen LogP contribution in [0.15, 0.2) is 65.8 Å². The van der Waals surface area contributed by atoms with Crippen molar-refractivity contribution in [3.63, 3.8) is 0 Å². The van der Waals surface area contributed by atoms with Gasteiger partial charge in [0.1, 0.15) is 6.17 Å². The molecule has 6 rings (SSSR count). The average molecular weight is 479 g/mol. The predicted molar refractivity (Wildman–Crippen MR) is 134 cm³/mol. The van der Waals surface area contributed by atoms with E-state index in [0.29, 0.717) is 12.5 Å². The first-order valence-electron chi connectivity index (χ1n) is 12.3. The van der Waals surface area contributed by atoms with Crippen LogP contribution in [0.25, 0.3) is 5.70 Å². The van der Waals surface area contributed by atoms with Crippen molar-refractivity contribution in [2.24, 2.45) is 5.92 Å². The van der Waals surface area contributed by atoms with E-state index >= 15 is 0 Å². The lowest BCUT2D eigenvalue weighted by Crippen LogP contribution is -2.51. The summed E-state index contributed by atoms with van der Waals surface area (Å²) in [6.07, 6.45) is 10.8. The van der Waals surface area contributed by atoms with Gasteiger partial charge in [-0.2, -0.15) is 0 Å². The van der Waals surface area contributed by atoms with Crippen molar-refractivity contribution in [1.29, 1.82) is 0 Å². The molecule has 1 unspecified atom stereocenters. The Balaban J connectivity index is 1.20. The first kappa shape index (κ1) is 21.6. The number of carbonyl (C=O) groups is 1. The van der Waals surface area contributed by atoms with E-state index in [1.165, 1.54) is 29.9 Å². The molecule has 0 bridgehead atoms. The van der Waals surface area contributed by atoms with Gasteiger partial charge in [-0.3, -0.25) is 9.69 Å². The van der Waals surface area contributed by atoms with Crippen LogP contribution < -0.4 is 16.0 Å². The molecule has 4 heterocycles. The Morgan fingerprint density at radius 3 is 2.59 bits per heavy atom. The molecule has 178 valence electrons. The van der Waals surface area contributed by atoms with Crippen LogP contribution >= 0.6 is 11.6 Å². The number of fused-ring (bicyclic) bond motifs is 1. The Hall–Kier alpha value is -2.90. The number of nitrogens with one attached hydrogen (secondary N) is 3. The maximum absolute atomic E-state index is 12.9. The molecule has 0 radical (unpaired) electrons. The molecule has 7 nitrogen and oxygen atoms in total. The summed E-state index contributed by atoms with van der Waals surface area (Å²) in [5, 5.41) is 11.3. The topological polar surface area (TPSA) is 62.9 Å². The zero-order valence-electron chi connectivity index (χ0n) is 19.3. The molecule has 1 aliphatic carbocycles. The molecule has 34 heavy (non-hydrogen) atoms. The molecular formula is C26H31ClN6O. The third-order valence-corrected chi connectivity index (χ3v) is 7.53. The van der Waals surface area contributed by atoms with Gasteiger partial charge in [0.15, 0.2) is 0 Å². The largest absolute Gasteiger partial charge is 0.387 e. The minimum absolute atomic E-state index is 0.139. The minimum Gasteiger partial charge on any atom is -0.387 e. The van der Waals surface area contributed by atoms with Gasteiger partial charge in [0.05, 0.1) is 17.9 Å². The van der Waals surface area contributed by atoms with Crippen molar-refractivity contribution in [3.8, 4) is 0 Å². The highest BCUT2D eigenvalue weighted by Gasteiger charge is 2.38. The zero-order valence-corrected chi connectivity index (χ0v) is 20.0. The van der Waals surface area contributed by atoms with Crippen LogP contribution in [0.2, 0.25) is 5.02 Å². The lowest BCUT2D eigenvalue weighted by atomic mass is 10.1.